The number of rotatable bonds is 2. The Bertz CT molecular complexity index is 525. The molecule has 2 atom stereocenters. The lowest BCUT2D eigenvalue weighted by atomic mass is 9.93. The van der Waals surface area contributed by atoms with Crippen LogP contribution in [-0.4, -0.2) is 54.1 Å². The number of carbonyl (C=O) groups is 1. The smallest absolute Gasteiger partial charge is 0.317 e. The molecule has 1 aliphatic heterocycles. The first-order chi connectivity index (χ1) is 9.88. The molecule has 6 nitrogen and oxygen atoms in total. The predicted molar refractivity (Wildman–Crippen MR) is 84.1 cm³/mol. The number of anilines is 1. The summed E-state index contributed by atoms with van der Waals surface area (Å²) in [4.78, 5) is 23.7. The number of nitrogens with one attached hydrogen (secondary N) is 1. The van der Waals surface area contributed by atoms with Gasteiger partial charge < -0.3 is 15.1 Å². The number of hydrogen-bond acceptors (Lipinski definition) is 4. The number of carbonyl (C=O) groups excluding carboxylic acids is 1. The fourth-order valence-electron chi connectivity index (χ4n) is 2.25. The zero-order valence-corrected chi connectivity index (χ0v) is 13.8. The van der Waals surface area contributed by atoms with Crippen molar-refractivity contribution in [2.24, 2.45) is 5.92 Å². The molecule has 1 N–H and O–H groups in total. The molecular formula is C13H19Cl2N5O. The van der Waals surface area contributed by atoms with Crippen LogP contribution >= 0.6 is 23.2 Å². The molecule has 0 saturated carbocycles. The second kappa shape index (κ2) is 6.66. The van der Waals surface area contributed by atoms with Crippen molar-refractivity contribution < 1.29 is 4.79 Å². The van der Waals surface area contributed by atoms with Crippen molar-refractivity contribution in [3.63, 3.8) is 0 Å². The summed E-state index contributed by atoms with van der Waals surface area (Å²) < 4.78 is 0. The highest BCUT2D eigenvalue weighted by Gasteiger charge is 2.28. The molecule has 0 aromatic carbocycles. The Morgan fingerprint density at radius 3 is 2.76 bits per heavy atom. The Labute approximate surface area is 134 Å². The highest BCUT2D eigenvalue weighted by molar-refractivity contribution is 6.40. The standard InChI is InChI=1S/C13H19Cl2N5O/c1-8-4-5-20(7-9(8)17-13(21)19(2)3)10-6-16-11(14)12(15)18-10/h6,8-9H,4-5,7H2,1-3H3,(H,17,21)/t8-,9+/m1/s1. The molecule has 0 aliphatic carbocycles. The summed E-state index contributed by atoms with van der Waals surface area (Å²) in [6, 6.07) is -0.0289. The van der Waals surface area contributed by atoms with Crippen LogP contribution in [0.3, 0.4) is 0 Å². The Morgan fingerprint density at radius 2 is 2.14 bits per heavy atom. The van der Waals surface area contributed by atoms with Crippen molar-refractivity contribution in [2.45, 2.75) is 19.4 Å². The average Bonchev–Trinajstić information content (AvgIpc) is 2.44. The second-order valence-corrected chi connectivity index (χ2v) is 6.19. The summed E-state index contributed by atoms with van der Waals surface area (Å²) in [7, 11) is 3.45. The van der Waals surface area contributed by atoms with Crippen LogP contribution in [0.15, 0.2) is 6.20 Å². The summed E-state index contributed by atoms with van der Waals surface area (Å²) in [6.45, 7) is 3.66. The van der Waals surface area contributed by atoms with E-state index < -0.39 is 0 Å². The maximum atomic E-state index is 11.8. The van der Waals surface area contributed by atoms with Crippen molar-refractivity contribution in [2.75, 3.05) is 32.1 Å². The van der Waals surface area contributed by atoms with Crippen LogP contribution in [0.25, 0.3) is 0 Å². The van der Waals surface area contributed by atoms with Gasteiger partial charge in [0, 0.05) is 27.2 Å². The minimum atomic E-state index is -0.0890. The highest BCUT2D eigenvalue weighted by atomic mass is 35.5. The fourth-order valence-corrected chi connectivity index (χ4v) is 2.48. The van der Waals surface area contributed by atoms with E-state index in [1.165, 1.54) is 4.90 Å². The van der Waals surface area contributed by atoms with Gasteiger partial charge in [0.15, 0.2) is 10.3 Å². The Kier molecular flexibility index (Phi) is 5.11. The minimum absolute atomic E-state index is 0.0601. The van der Waals surface area contributed by atoms with Crippen molar-refractivity contribution in [3.8, 4) is 0 Å². The summed E-state index contributed by atoms with van der Waals surface area (Å²) in [6.07, 6.45) is 2.56. The number of hydrogen-bond donors (Lipinski definition) is 1. The van der Waals surface area contributed by atoms with Gasteiger partial charge in [0.1, 0.15) is 5.82 Å². The van der Waals surface area contributed by atoms with Crippen LogP contribution in [-0.2, 0) is 0 Å². The summed E-state index contributed by atoms with van der Waals surface area (Å²) in [5.74, 6) is 1.08. The maximum absolute atomic E-state index is 11.8. The molecule has 1 fully saturated rings. The lowest BCUT2D eigenvalue weighted by Gasteiger charge is -2.38. The molecule has 0 bridgehead atoms. The molecule has 8 heteroatoms. The average molecular weight is 332 g/mol. The topological polar surface area (TPSA) is 61.4 Å². The normalized spacial score (nSPS) is 22.0. The van der Waals surface area contributed by atoms with Crippen LogP contribution in [0.4, 0.5) is 10.6 Å². The predicted octanol–water partition coefficient (Wildman–Crippen LogP) is 2.27. The van der Waals surface area contributed by atoms with Crippen LogP contribution in [0.1, 0.15) is 13.3 Å². The van der Waals surface area contributed by atoms with Crippen LogP contribution < -0.4 is 10.2 Å². The van der Waals surface area contributed by atoms with Gasteiger partial charge in [0.05, 0.1) is 12.2 Å². The second-order valence-electron chi connectivity index (χ2n) is 5.47. The molecule has 2 heterocycles. The van der Waals surface area contributed by atoms with E-state index >= 15 is 0 Å². The van der Waals surface area contributed by atoms with E-state index in [4.69, 9.17) is 23.2 Å². The molecule has 2 amide bonds. The molecular weight excluding hydrogens is 313 g/mol. The molecule has 1 saturated heterocycles. The maximum Gasteiger partial charge on any atom is 0.317 e. The van der Waals surface area contributed by atoms with Crippen molar-refractivity contribution >= 4 is 35.1 Å². The van der Waals surface area contributed by atoms with E-state index in [0.717, 1.165) is 13.0 Å². The van der Waals surface area contributed by atoms with E-state index in [9.17, 15) is 4.79 Å². The molecule has 0 radical (unpaired) electrons. The van der Waals surface area contributed by atoms with Gasteiger partial charge in [-0.3, -0.25) is 0 Å². The largest absolute Gasteiger partial charge is 0.353 e. The van der Waals surface area contributed by atoms with Crippen molar-refractivity contribution in [1.29, 1.82) is 0 Å². The third-order valence-electron chi connectivity index (χ3n) is 3.67. The Morgan fingerprint density at radius 1 is 1.43 bits per heavy atom. The number of amides is 2. The zero-order chi connectivity index (χ0) is 15.6. The van der Waals surface area contributed by atoms with Gasteiger partial charge in [-0.1, -0.05) is 30.1 Å². The Hall–Kier alpha value is -1.27. The third-order valence-corrected chi connectivity index (χ3v) is 4.31. The van der Waals surface area contributed by atoms with Gasteiger partial charge in [-0.25, -0.2) is 14.8 Å². The first-order valence-electron chi connectivity index (χ1n) is 6.79. The molecule has 1 aliphatic rings. The van der Waals surface area contributed by atoms with E-state index in [1.54, 1.807) is 20.3 Å². The zero-order valence-electron chi connectivity index (χ0n) is 12.3. The molecule has 21 heavy (non-hydrogen) atoms. The molecule has 2 rings (SSSR count). The Balaban J connectivity index is 2.09. The molecule has 0 spiro atoms. The van der Waals surface area contributed by atoms with Gasteiger partial charge in [0.25, 0.3) is 0 Å². The number of piperidine rings is 1. The van der Waals surface area contributed by atoms with E-state index in [1.807, 2.05) is 0 Å². The SMILES string of the molecule is C[C@@H]1CCN(c2cnc(Cl)c(Cl)n2)C[C@@H]1NC(=O)N(C)C. The molecule has 0 unspecified atom stereocenters. The summed E-state index contributed by atoms with van der Waals surface area (Å²) in [5, 5.41) is 3.43. The third kappa shape index (κ3) is 3.89. The number of halogens is 2. The summed E-state index contributed by atoms with van der Waals surface area (Å²) in [5.41, 5.74) is 0. The van der Waals surface area contributed by atoms with Gasteiger partial charge in [-0.05, 0) is 12.3 Å². The first-order valence-corrected chi connectivity index (χ1v) is 7.55. The van der Waals surface area contributed by atoms with E-state index in [2.05, 4.69) is 27.1 Å². The van der Waals surface area contributed by atoms with Crippen molar-refractivity contribution in [1.82, 2.24) is 20.2 Å². The highest BCUT2D eigenvalue weighted by Crippen LogP contribution is 2.25. The quantitative estimate of drug-likeness (QED) is 0.903. The minimum Gasteiger partial charge on any atom is -0.353 e. The van der Waals surface area contributed by atoms with E-state index in [0.29, 0.717) is 18.3 Å². The molecule has 1 aromatic heterocycles. The number of nitrogens with zero attached hydrogens (tertiary/aromatic N) is 4. The van der Waals surface area contributed by atoms with Crippen LogP contribution in [0.5, 0.6) is 0 Å². The fraction of sp³-hybridized carbons (Fsp3) is 0.615. The van der Waals surface area contributed by atoms with Gasteiger partial charge in [-0.2, -0.15) is 0 Å². The molecule has 1 aromatic rings. The van der Waals surface area contributed by atoms with Crippen LogP contribution in [0.2, 0.25) is 10.3 Å². The number of aromatic nitrogens is 2. The van der Waals surface area contributed by atoms with Crippen LogP contribution in [0, 0.1) is 5.92 Å². The van der Waals surface area contributed by atoms with Gasteiger partial charge >= 0.3 is 6.03 Å². The first kappa shape index (κ1) is 16.1. The monoisotopic (exact) mass is 331 g/mol. The summed E-state index contributed by atoms with van der Waals surface area (Å²) >= 11 is 11.7. The number of urea groups is 1. The molecule has 116 valence electrons. The van der Waals surface area contributed by atoms with Crippen molar-refractivity contribution in [3.05, 3.63) is 16.5 Å². The lowest BCUT2D eigenvalue weighted by molar-refractivity contribution is 0.205. The van der Waals surface area contributed by atoms with Gasteiger partial charge in [-0.15, -0.1) is 0 Å². The lowest BCUT2D eigenvalue weighted by Crippen LogP contribution is -2.54. The van der Waals surface area contributed by atoms with Gasteiger partial charge in [0.2, 0.25) is 0 Å². The van der Waals surface area contributed by atoms with E-state index in [-0.39, 0.29) is 22.4 Å².